The molecule has 0 bridgehead atoms. The van der Waals surface area contributed by atoms with Crippen molar-refractivity contribution in [2.75, 3.05) is 25.1 Å². The van der Waals surface area contributed by atoms with Gasteiger partial charge < -0.3 is 9.64 Å². The smallest absolute Gasteiger partial charge is 0.374 e. The van der Waals surface area contributed by atoms with Gasteiger partial charge in [0.15, 0.2) is 0 Å². The first kappa shape index (κ1) is 31.1. The van der Waals surface area contributed by atoms with Crippen LogP contribution in [0.15, 0.2) is 24.3 Å². The second-order valence-electron chi connectivity index (χ2n) is 7.83. The second-order valence-corrected chi connectivity index (χ2v) is 7.83. The van der Waals surface area contributed by atoms with Crippen LogP contribution in [0.2, 0.25) is 0 Å². The molecule has 0 N–H and O–H groups in total. The maximum absolute atomic E-state index is 14.5. The van der Waals surface area contributed by atoms with Crippen LogP contribution in [-0.4, -0.2) is 56.0 Å². The summed E-state index contributed by atoms with van der Waals surface area (Å²) < 4.78 is 179. The van der Waals surface area contributed by atoms with Crippen LogP contribution in [-0.2, 0) is 10.3 Å². The highest BCUT2D eigenvalue weighted by Crippen LogP contribution is 2.61. The number of methoxy groups -OCH3 is 1. The molecule has 1 atom stereocenters. The lowest BCUT2D eigenvalue weighted by Gasteiger charge is -2.42. The summed E-state index contributed by atoms with van der Waals surface area (Å²) >= 11 is 0. The van der Waals surface area contributed by atoms with E-state index in [2.05, 4.69) is 0 Å². The van der Waals surface area contributed by atoms with Crippen LogP contribution in [0.3, 0.4) is 0 Å². The van der Waals surface area contributed by atoms with Crippen molar-refractivity contribution in [1.82, 2.24) is 0 Å². The highest BCUT2D eigenvalue weighted by atomic mass is 19.4. The first-order chi connectivity index (χ1) is 15.5. The molecule has 0 aromatic heterocycles. The van der Waals surface area contributed by atoms with E-state index in [4.69, 9.17) is 4.74 Å². The molecule has 0 radical (unpaired) electrons. The SMILES string of the molecule is CCN(CC)c1cccc(C(C)(CC(F)(F)C(F)(F)C(F)(F)C(F)(F)C(F)(F)C(F)(F)F)OC)c1. The fraction of sp³-hybridized carbons (Fsp3) is 0.700. The highest BCUT2D eigenvalue weighted by molar-refractivity contribution is 5.49. The molecule has 0 amide bonds. The van der Waals surface area contributed by atoms with Gasteiger partial charge in [0.05, 0.1) is 12.0 Å². The van der Waals surface area contributed by atoms with E-state index in [0.717, 1.165) is 12.1 Å². The van der Waals surface area contributed by atoms with Crippen molar-refractivity contribution in [2.24, 2.45) is 0 Å². The van der Waals surface area contributed by atoms with E-state index in [1.807, 2.05) is 0 Å². The molecular weight excluding hydrogens is 517 g/mol. The van der Waals surface area contributed by atoms with Crippen LogP contribution in [0.25, 0.3) is 0 Å². The van der Waals surface area contributed by atoms with E-state index in [1.165, 1.54) is 12.1 Å². The van der Waals surface area contributed by atoms with E-state index >= 15 is 0 Å². The van der Waals surface area contributed by atoms with Crippen molar-refractivity contribution in [3.63, 3.8) is 0 Å². The number of anilines is 1. The predicted molar refractivity (Wildman–Crippen MR) is 99.8 cm³/mol. The maximum Gasteiger partial charge on any atom is 0.460 e. The average Bonchev–Trinajstić information content (AvgIpc) is 2.73. The molecular formula is C20H22F13NO. The number of nitrogens with zero attached hydrogens (tertiary/aromatic N) is 1. The summed E-state index contributed by atoms with van der Waals surface area (Å²) in [4.78, 5) is 1.67. The average molecular weight is 539 g/mol. The van der Waals surface area contributed by atoms with E-state index in [1.54, 1.807) is 18.7 Å². The zero-order valence-electron chi connectivity index (χ0n) is 18.7. The van der Waals surface area contributed by atoms with Crippen LogP contribution < -0.4 is 4.90 Å². The second kappa shape index (κ2) is 9.51. The number of alkyl halides is 13. The van der Waals surface area contributed by atoms with Crippen LogP contribution in [0.1, 0.15) is 32.8 Å². The van der Waals surface area contributed by atoms with E-state index in [-0.39, 0.29) is 5.56 Å². The number of hydrogen-bond acceptors (Lipinski definition) is 2. The van der Waals surface area contributed by atoms with Gasteiger partial charge in [-0.1, -0.05) is 12.1 Å². The summed E-state index contributed by atoms with van der Waals surface area (Å²) in [7, 11) is 0.697. The Bertz CT molecular complexity index is 865. The summed E-state index contributed by atoms with van der Waals surface area (Å²) in [6.45, 7) is 4.91. The van der Waals surface area contributed by atoms with Crippen molar-refractivity contribution < 1.29 is 61.8 Å². The number of rotatable bonds is 11. The number of benzene rings is 1. The molecule has 0 fully saturated rings. The molecule has 0 saturated heterocycles. The minimum absolute atomic E-state index is 0.310. The Kier molecular flexibility index (Phi) is 8.45. The topological polar surface area (TPSA) is 12.5 Å². The molecule has 0 aliphatic carbocycles. The Balaban J connectivity index is 3.55. The van der Waals surface area contributed by atoms with Crippen LogP contribution in [0, 0.1) is 0 Å². The van der Waals surface area contributed by atoms with Crippen molar-refractivity contribution >= 4 is 5.69 Å². The highest BCUT2D eigenvalue weighted by Gasteiger charge is 2.90. The van der Waals surface area contributed by atoms with Crippen molar-refractivity contribution in [3.8, 4) is 0 Å². The fourth-order valence-electron chi connectivity index (χ4n) is 3.25. The molecule has 1 rings (SSSR count). The Hall–Kier alpha value is -1.93. The van der Waals surface area contributed by atoms with Gasteiger partial charge in [-0.05, 0) is 38.5 Å². The zero-order valence-corrected chi connectivity index (χ0v) is 18.7. The number of halogens is 13. The molecule has 15 heteroatoms. The first-order valence-electron chi connectivity index (χ1n) is 9.87. The van der Waals surface area contributed by atoms with Crippen LogP contribution in [0.4, 0.5) is 62.8 Å². The minimum atomic E-state index is -7.93. The number of ether oxygens (including phenoxy) is 1. The zero-order chi connectivity index (χ0) is 27.9. The van der Waals surface area contributed by atoms with Crippen LogP contribution >= 0.6 is 0 Å². The summed E-state index contributed by atoms with van der Waals surface area (Å²) in [6.07, 6.45) is -9.92. The van der Waals surface area contributed by atoms with Gasteiger partial charge in [0.1, 0.15) is 0 Å². The molecule has 2 nitrogen and oxygen atoms in total. The largest absolute Gasteiger partial charge is 0.460 e. The van der Waals surface area contributed by atoms with E-state index in [0.29, 0.717) is 32.8 Å². The van der Waals surface area contributed by atoms with Gasteiger partial charge >= 0.3 is 35.8 Å². The lowest BCUT2D eigenvalue weighted by molar-refractivity contribution is -0.441. The molecule has 1 aromatic rings. The first-order valence-corrected chi connectivity index (χ1v) is 9.87. The van der Waals surface area contributed by atoms with Crippen molar-refractivity contribution in [1.29, 1.82) is 0 Å². The summed E-state index contributed by atoms with van der Waals surface area (Å²) in [6, 6.07) is 4.97. The molecule has 0 aliphatic heterocycles. The molecule has 35 heavy (non-hydrogen) atoms. The lowest BCUT2D eigenvalue weighted by Crippen LogP contribution is -2.70. The third-order valence-corrected chi connectivity index (χ3v) is 5.59. The predicted octanol–water partition coefficient (Wildman–Crippen LogP) is 7.52. The monoisotopic (exact) mass is 539 g/mol. The van der Waals surface area contributed by atoms with Gasteiger partial charge in [-0.3, -0.25) is 0 Å². The standard InChI is InChI=1S/C20H22F13NO/c1-5-34(6-2)13-9-7-8-12(10-13)14(3,35-4)11-15(21,22)16(23,24)17(25,26)18(27,28)19(29,30)20(31,32)33/h7-10H,5-6,11H2,1-4H3. The van der Waals surface area contributed by atoms with Crippen molar-refractivity contribution in [2.45, 2.75) is 68.6 Å². The maximum atomic E-state index is 14.5. The van der Waals surface area contributed by atoms with Gasteiger partial charge in [0, 0.05) is 25.9 Å². The number of hydrogen-bond donors (Lipinski definition) is 0. The fourth-order valence-corrected chi connectivity index (χ4v) is 3.25. The summed E-state index contributed by atoms with van der Waals surface area (Å²) in [5.41, 5.74) is -2.54. The van der Waals surface area contributed by atoms with Gasteiger partial charge in [-0.25, -0.2) is 0 Å². The molecule has 1 aromatic carbocycles. The molecule has 0 saturated carbocycles. The quantitative estimate of drug-likeness (QED) is 0.270. The van der Waals surface area contributed by atoms with Gasteiger partial charge in [-0.2, -0.15) is 57.1 Å². The van der Waals surface area contributed by atoms with Crippen molar-refractivity contribution in [3.05, 3.63) is 29.8 Å². The summed E-state index contributed by atoms with van der Waals surface area (Å²) in [5, 5.41) is 0. The van der Waals surface area contributed by atoms with Crippen LogP contribution in [0.5, 0.6) is 0 Å². The Labute approximate surface area is 192 Å². The summed E-state index contributed by atoms with van der Waals surface area (Å²) in [5.74, 6) is -37.1. The lowest BCUT2D eigenvalue weighted by atomic mass is 9.84. The Morgan fingerprint density at radius 1 is 0.714 bits per heavy atom. The molecule has 1 unspecified atom stereocenters. The van der Waals surface area contributed by atoms with Gasteiger partial charge in [0.2, 0.25) is 0 Å². The third kappa shape index (κ3) is 5.01. The molecule has 0 spiro atoms. The van der Waals surface area contributed by atoms with Gasteiger partial charge in [0.25, 0.3) is 0 Å². The Morgan fingerprint density at radius 2 is 1.17 bits per heavy atom. The van der Waals surface area contributed by atoms with E-state index < -0.39 is 47.8 Å². The molecule has 0 aliphatic rings. The minimum Gasteiger partial charge on any atom is -0.374 e. The molecule has 204 valence electrons. The Morgan fingerprint density at radius 3 is 1.57 bits per heavy atom. The van der Waals surface area contributed by atoms with Gasteiger partial charge in [-0.15, -0.1) is 0 Å². The molecule has 0 heterocycles. The third-order valence-electron chi connectivity index (χ3n) is 5.59. The normalized spacial score (nSPS) is 16.3. The van der Waals surface area contributed by atoms with E-state index in [9.17, 15) is 57.1 Å².